The van der Waals surface area contributed by atoms with E-state index >= 15 is 0 Å². The fourth-order valence-corrected chi connectivity index (χ4v) is 7.94. The Morgan fingerprint density at radius 1 is 0.516 bits per heavy atom. The van der Waals surface area contributed by atoms with Gasteiger partial charge in [0, 0.05) is 0 Å². The number of nitrogen functional groups attached to an aromatic ring is 1. The number of nitrogens with one attached hydrogen (secondary N) is 1. The van der Waals surface area contributed by atoms with Crippen LogP contribution in [0.3, 0.4) is 0 Å². The summed E-state index contributed by atoms with van der Waals surface area (Å²) in [6, 6.07) is 43.8. The zero-order chi connectivity index (χ0) is 21.4. The average molecular weight is 424 g/mol. The van der Waals surface area contributed by atoms with Gasteiger partial charge in [-0.05, 0) is 53.7 Å². The Hall–Kier alpha value is -3.82. The highest BCUT2D eigenvalue weighted by molar-refractivity contribution is 8.01. The van der Waals surface area contributed by atoms with E-state index in [1.54, 1.807) is 0 Å². The number of nitrogens with two attached hydrogens (primary N) is 1. The van der Waals surface area contributed by atoms with Gasteiger partial charge < -0.3 is 5.73 Å². The van der Waals surface area contributed by atoms with Crippen molar-refractivity contribution in [3.8, 4) is 0 Å². The summed E-state index contributed by atoms with van der Waals surface area (Å²) in [6.45, 7) is 0. The highest BCUT2D eigenvalue weighted by Gasteiger charge is 2.47. The van der Waals surface area contributed by atoms with Gasteiger partial charge in [0.1, 0.15) is 28.5 Å². The van der Waals surface area contributed by atoms with Crippen molar-refractivity contribution in [2.45, 2.75) is 0 Å². The fourth-order valence-electron chi connectivity index (χ4n) is 3.67. The first kappa shape index (κ1) is 20.5. The van der Waals surface area contributed by atoms with Crippen molar-refractivity contribution in [2.24, 2.45) is 0 Å². The van der Waals surface area contributed by atoms with Crippen LogP contribution in [-0.2, 0) is 0 Å². The van der Waals surface area contributed by atoms with E-state index in [9.17, 15) is 0 Å². The third-order valence-electron chi connectivity index (χ3n) is 4.94. The summed E-state index contributed by atoms with van der Waals surface area (Å²) in [5, 5.41) is 17.6. The largest absolute Gasteiger partial charge is 0.365 e. The molecule has 0 bridgehead atoms. The van der Waals surface area contributed by atoms with Crippen LogP contribution in [-0.4, -0.2) is 20.6 Å². The van der Waals surface area contributed by atoms with Gasteiger partial charge in [0.2, 0.25) is 0 Å². The summed E-state index contributed by atoms with van der Waals surface area (Å²) in [7, 11) is -1.91. The SMILES string of the molecule is Nc1nn[nH]n1.c1ccc([P+](c2ccccc2)(c2ccccc2)c2ccccc2)cc1. The molecular formula is C25H23N5P+. The molecule has 31 heavy (non-hydrogen) atoms. The minimum Gasteiger partial charge on any atom is -0.365 e. The maximum atomic E-state index is 4.96. The van der Waals surface area contributed by atoms with Crippen molar-refractivity contribution >= 4 is 34.4 Å². The van der Waals surface area contributed by atoms with Gasteiger partial charge in [-0.15, -0.1) is 5.10 Å². The van der Waals surface area contributed by atoms with Crippen LogP contribution < -0.4 is 27.0 Å². The van der Waals surface area contributed by atoms with Crippen LogP contribution in [0.2, 0.25) is 0 Å². The third kappa shape index (κ3) is 4.37. The van der Waals surface area contributed by atoms with Gasteiger partial charge in [-0.1, -0.05) is 77.9 Å². The van der Waals surface area contributed by atoms with Crippen LogP contribution in [0.15, 0.2) is 121 Å². The number of rotatable bonds is 4. The van der Waals surface area contributed by atoms with E-state index < -0.39 is 7.26 Å². The zero-order valence-corrected chi connectivity index (χ0v) is 17.8. The van der Waals surface area contributed by atoms with Crippen molar-refractivity contribution in [3.63, 3.8) is 0 Å². The molecule has 5 rings (SSSR count). The molecule has 0 radical (unpaired) electrons. The second-order valence-electron chi connectivity index (χ2n) is 6.78. The molecule has 3 N–H and O–H groups in total. The van der Waals surface area contributed by atoms with Gasteiger partial charge in [-0.25, -0.2) is 0 Å². The van der Waals surface area contributed by atoms with Crippen molar-refractivity contribution in [1.29, 1.82) is 0 Å². The molecule has 0 fully saturated rings. The molecule has 0 aliphatic carbocycles. The zero-order valence-electron chi connectivity index (χ0n) is 16.9. The van der Waals surface area contributed by atoms with E-state index in [1.807, 2.05) is 0 Å². The highest BCUT2D eigenvalue weighted by Crippen LogP contribution is 2.53. The topological polar surface area (TPSA) is 80.5 Å². The van der Waals surface area contributed by atoms with E-state index in [1.165, 1.54) is 21.2 Å². The number of anilines is 1. The number of aromatic amines is 1. The number of H-pyrrole nitrogens is 1. The van der Waals surface area contributed by atoms with Crippen LogP contribution >= 0.6 is 7.26 Å². The number of hydrogen-bond donors (Lipinski definition) is 2. The lowest BCUT2D eigenvalue weighted by Gasteiger charge is -2.27. The Balaban J connectivity index is 0.000000334. The summed E-state index contributed by atoms with van der Waals surface area (Å²) in [5.41, 5.74) is 4.96. The lowest BCUT2D eigenvalue weighted by atomic mass is 10.3. The van der Waals surface area contributed by atoms with E-state index in [0.29, 0.717) is 0 Å². The minimum absolute atomic E-state index is 0.176. The highest BCUT2D eigenvalue weighted by atomic mass is 31.2. The molecule has 0 saturated heterocycles. The Labute approximate surface area is 182 Å². The molecule has 1 heterocycles. The van der Waals surface area contributed by atoms with Gasteiger partial charge in [0.25, 0.3) is 5.95 Å². The van der Waals surface area contributed by atoms with E-state index in [2.05, 4.69) is 142 Å². The van der Waals surface area contributed by atoms with Gasteiger partial charge in [0.15, 0.2) is 0 Å². The predicted octanol–water partition coefficient (Wildman–Crippen LogP) is 3.09. The van der Waals surface area contributed by atoms with Crippen LogP contribution in [0.25, 0.3) is 0 Å². The number of benzene rings is 4. The summed E-state index contributed by atoms with van der Waals surface area (Å²) in [5.74, 6) is 0.176. The molecular weight excluding hydrogens is 401 g/mol. The quantitative estimate of drug-likeness (QED) is 0.435. The number of nitrogens with zero attached hydrogens (tertiary/aromatic N) is 3. The van der Waals surface area contributed by atoms with E-state index in [-0.39, 0.29) is 5.95 Å². The molecule has 0 spiro atoms. The summed E-state index contributed by atoms with van der Waals surface area (Å²) >= 11 is 0. The first-order chi connectivity index (χ1) is 15.3. The first-order valence-corrected chi connectivity index (χ1v) is 11.7. The Kier molecular flexibility index (Phi) is 6.46. The minimum atomic E-state index is -1.91. The Morgan fingerprint density at radius 3 is 1.03 bits per heavy atom. The smallest absolute Gasteiger partial charge is 0.260 e. The van der Waals surface area contributed by atoms with Gasteiger partial charge in [-0.3, -0.25) is 0 Å². The molecule has 1 aromatic heterocycles. The lowest BCUT2D eigenvalue weighted by molar-refractivity contribution is 0.881. The molecule has 0 saturated carbocycles. The van der Waals surface area contributed by atoms with Crippen molar-refractivity contribution in [1.82, 2.24) is 20.6 Å². The Bertz CT molecular complexity index is 1000. The second-order valence-corrected chi connectivity index (χ2v) is 10.2. The molecule has 0 unspecified atom stereocenters. The molecule has 5 nitrogen and oxygen atoms in total. The van der Waals surface area contributed by atoms with Crippen LogP contribution in [0, 0.1) is 0 Å². The third-order valence-corrected chi connectivity index (χ3v) is 9.23. The maximum absolute atomic E-state index is 4.96. The number of hydrogen-bond acceptors (Lipinski definition) is 4. The number of aromatic nitrogens is 4. The van der Waals surface area contributed by atoms with Gasteiger partial charge >= 0.3 is 0 Å². The van der Waals surface area contributed by atoms with Crippen molar-refractivity contribution in [3.05, 3.63) is 121 Å². The second kappa shape index (κ2) is 9.79. The normalized spacial score (nSPS) is 10.7. The summed E-state index contributed by atoms with van der Waals surface area (Å²) in [6.07, 6.45) is 0. The molecule has 0 atom stereocenters. The molecule has 152 valence electrons. The molecule has 6 heteroatoms. The van der Waals surface area contributed by atoms with Gasteiger partial charge in [-0.2, -0.15) is 5.21 Å². The Morgan fingerprint density at radius 2 is 0.839 bits per heavy atom. The van der Waals surface area contributed by atoms with Crippen LogP contribution in [0.1, 0.15) is 0 Å². The van der Waals surface area contributed by atoms with Gasteiger partial charge in [0.05, 0.1) is 0 Å². The first-order valence-electron chi connectivity index (χ1n) is 9.92. The molecule has 5 aromatic rings. The lowest BCUT2D eigenvalue weighted by Crippen LogP contribution is -2.38. The standard InChI is InChI=1S/C24H20P.CH3N5/c1-5-13-21(14-6-1)25(22-15-7-2-8-16-22,23-17-9-3-10-18-23)24-19-11-4-12-20-24;2-1-3-5-6-4-1/h1-20H;(H3,2,3,4,5,6)/q+1;. The molecule has 4 aromatic carbocycles. The molecule has 0 aliphatic heterocycles. The maximum Gasteiger partial charge on any atom is 0.260 e. The summed E-state index contributed by atoms with van der Waals surface area (Å²) < 4.78 is 0. The fraction of sp³-hybridized carbons (Fsp3) is 0. The van der Waals surface area contributed by atoms with E-state index in [0.717, 1.165) is 0 Å². The van der Waals surface area contributed by atoms with E-state index in [4.69, 9.17) is 5.73 Å². The van der Waals surface area contributed by atoms with Crippen LogP contribution in [0.4, 0.5) is 5.95 Å². The average Bonchev–Trinajstić information content (AvgIpc) is 3.34. The van der Waals surface area contributed by atoms with Crippen molar-refractivity contribution < 1.29 is 0 Å². The predicted molar refractivity (Wildman–Crippen MR) is 130 cm³/mol. The molecule has 0 amide bonds. The summed E-state index contributed by atoms with van der Waals surface area (Å²) in [4.78, 5) is 0. The van der Waals surface area contributed by atoms with Crippen molar-refractivity contribution in [2.75, 3.05) is 5.73 Å². The molecule has 0 aliphatic rings. The van der Waals surface area contributed by atoms with Crippen LogP contribution in [0.5, 0.6) is 0 Å². The number of tetrazole rings is 1. The monoisotopic (exact) mass is 424 g/mol.